The van der Waals surface area contributed by atoms with E-state index in [2.05, 4.69) is 9.82 Å². The van der Waals surface area contributed by atoms with Gasteiger partial charge in [-0.3, -0.25) is 9.52 Å². The quantitative estimate of drug-likeness (QED) is 0.762. The molecule has 0 aliphatic heterocycles. The molecule has 0 fully saturated rings. The minimum atomic E-state index is -3.49. The lowest BCUT2D eigenvalue weighted by Gasteiger charge is -2.09. The molecule has 3 aromatic rings. The zero-order valence-corrected chi connectivity index (χ0v) is 14.4. The Morgan fingerprint density at radius 1 is 0.960 bits per heavy atom. The molecule has 0 saturated heterocycles. The molecule has 0 atom stereocenters. The monoisotopic (exact) mass is 355 g/mol. The van der Waals surface area contributed by atoms with Crippen LogP contribution in [-0.2, 0) is 22.8 Å². The SMILES string of the molecule is Cn1nc(-c2ccc(NS(=O)(=O)Cc3ccccc3)cc2)ccc1=O. The summed E-state index contributed by atoms with van der Waals surface area (Å²) in [4.78, 5) is 11.4. The molecule has 1 heterocycles. The van der Waals surface area contributed by atoms with E-state index in [-0.39, 0.29) is 11.3 Å². The van der Waals surface area contributed by atoms with Gasteiger partial charge in [0, 0.05) is 24.4 Å². The van der Waals surface area contributed by atoms with E-state index in [1.807, 2.05) is 6.07 Å². The summed E-state index contributed by atoms with van der Waals surface area (Å²) in [6.07, 6.45) is 0. The van der Waals surface area contributed by atoms with Crippen LogP contribution in [-0.4, -0.2) is 18.2 Å². The van der Waals surface area contributed by atoms with Crippen molar-refractivity contribution < 1.29 is 8.42 Å². The fraction of sp³-hybridized carbons (Fsp3) is 0.111. The number of aryl methyl sites for hydroxylation is 1. The molecule has 0 bridgehead atoms. The summed E-state index contributed by atoms with van der Waals surface area (Å²) in [6, 6.07) is 18.9. The third-order valence-electron chi connectivity index (χ3n) is 3.61. The Bertz CT molecular complexity index is 1030. The number of hydrogen-bond acceptors (Lipinski definition) is 4. The van der Waals surface area contributed by atoms with Crippen LogP contribution in [0.4, 0.5) is 5.69 Å². The summed E-state index contributed by atoms with van der Waals surface area (Å²) in [6.45, 7) is 0. The van der Waals surface area contributed by atoms with Crippen molar-refractivity contribution in [3.05, 3.63) is 82.6 Å². The Labute approximate surface area is 145 Å². The molecule has 0 aliphatic carbocycles. The first kappa shape index (κ1) is 16.9. The summed E-state index contributed by atoms with van der Waals surface area (Å²) in [7, 11) is -1.91. The highest BCUT2D eigenvalue weighted by atomic mass is 32.2. The molecule has 0 spiro atoms. The second-order valence-electron chi connectivity index (χ2n) is 5.60. The lowest BCUT2D eigenvalue weighted by Crippen LogP contribution is -2.18. The van der Waals surface area contributed by atoms with E-state index < -0.39 is 10.0 Å². The van der Waals surface area contributed by atoms with Gasteiger partial charge in [0.2, 0.25) is 10.0 Å². The first-order chi connectivity index (χ1) is 11.9. The third-order valence-corrected chi connectivity index (χ3v) is 4.87. The minimum Gasteiger partial charge on any atom is -0.283 e. The van der Waals surface area contributed by atoms with Crippen molar-refractivity contribution >= 4 is 15.7 Å². The van der Waals surface area contributed by atoms with Gasteiger partial charge in [-0.25, -0.2) is 13.1 Å². The van der Waals surface area contributed by atoms with Crippen LogP contribution in [0.15, 0.2) is 71.5 Å². The van der Waals surface area contributed by atoms with Crippen LogP contribution in [0.3, 0.4) is 0 Å². The van der Waals surface area contributed by atoms with E-state index in [4.69, 9.17) is 0 Å². The average molecular weight is 355 g/mol. The number of rotatable bonds is 5. The molecule has 6 nitrogen and oxygen atoms in total. The second kappa shape index (κ2) is 6.90. The molecule has 0 aliphatic rings. The Morgan fingerprint density at radius 2 is 1.64 bits per heavy atom. The molecule has 2 aromatic carbocycles. The Kier molecular flexibility index (Phi) is 4.67. The molecular formula is C18H17N3O3S. The summed E-state index contributed by atoms with van der Waals surface area (Å²) < 4.78 is 28.3. The van der Waals surface area contributed by atoms with Crippen molar-refractivity contribution in [2.24, 2.45) is 7.05 Å². The maximum absolute atomic E-state index is 12.2. The van der Waals surface area contributed by atoms with Gasteiger partial charge in [0.1, 0.15) is 0 Å². The van der Waals surface area contributed by atoms with E-state index in [1.54, 1.807) is 61.6 Å². The molecule has 1 aromatic heterocycles. The van der Waals surface area contributed by atoms with E-state index in [9.17, 15) is 13.2 Å². The molecule has 0 unspecified atom stereocenters. The predicted molar refractivity (Wildman–Crippen MR) is 97.6 cm³/mol. The third kappa shape index (κ3) is 4.33. The van der Waals surface area contributed by atoms with E-state index in [1.165, 1.54) is 10.7 Å². The summed E-state index contributed by atoms with van der Waals surface area (Å²) in [5.41, 5.74) is 2.45. The number of benzene rings is 2. The van der Waals surface area contributed by atoms with Crippen LogP contribution in [0.1, 0.15) is 5.56 Å². The average Bonchev–Trinajstić information content (AvgIpc) is 2.58. The first-order valence-corrected chi connectivity index (χ1v) is 9.27. The lowest BCUT2D eigenvalue weighted by atomic mass is 10.1. The van der Waals surface area contributed by atoms with Crippen LogP contribution < -0.4 is 10.3 Å². The number of anilines is 1. The largest absolute Gasteiger partial charge is 0.283 e. The highest BCUT2D eigenvalue weighted by Crippen LogP contribution is 2.20. The van der Waals surface area contributed by atoms with Crippen molar-refractivity contribution in [3.63, 3.8) is 0 Å². The second-order valence-corrected chi connectivity index (χ2v) is 7.33. The number of aromatic nitrogens is 2. The number of nitrogens with zero attached hydrogens (tertiary/aromatic N) is 2. The fourth-order valence-electron chi connectivity index (χ4n) is 2.37. The Balaban J connectivity index is 1.76. The van der Waals surface area contributed by atoms with Crippen molar-refractivity contribution in [2.75, 3.05) is 4.72 Å². The zero-order valence-electron chi connectivity index (χ0n) is 13.6. The van der Waals surface area contributed by atoms with Gasteiger partial charge in [0.25, 0.3) is 5.56 Å². The number of hydrogen-bond donors (Lipinski definition) is 1. The smallest absolute Gasteiger partial charge is 0.266 e. The zero-order chi connectivity index (χ0) is 17.9. The van der Waals surface area contributed by atoms with Gasteiger partial charge in [-0.15, -0.1) is 0 Å². The van der Waals surface area contributed by atoms with Crippen LogP contribution >= 0.6 is 0 Å². The molecule has 0 saturated carbocycles. The normalized spacial score (nSPS) is 11.2. The Hall–Kier alpha value is -2.93. The minimum absolute atomic E-state index is 0.0854. The molecule has 128 valence electrons. The van der Waals surface area contributed by atoms with E-state index >= 15 is 0 Å². The van der Waals surface area contributed by atoms with Gasteiger partial charge in [-0.05, 0) is 23.8 Å². The van der Waals surface area contributed by atoms with Gasteiger partial charge < -0.3 is 0 Å². The predicted octanol–water partition coefficient (Wildman–Crippen LogP) is 2.39. The van der Waals surface area contributed by atoms with Crippen LogP contribution in [0, 0.1) is 0 Å². The van der Waals surface area contributed by atoms with Crippen LogP contribution in [0.25, 0.3) is 11.3 Å². The van der Waals surface area contributed by atoms with Gasteiger partial charge in [0.15, 0.2) is 0 Å². The molecule has 25 heavy (non-hydrogen) atoms. The van der Waals surface area contributed by atoms with Crippen LogP contribution in [0.5, 0.6) is 0 Å². The summed E-state index contributed by atoms with van der Waals surface area (Å²) >= 11 is 0. The van der Waals surface area contributed by atoms with E-state index in [0.717, 1.165) is 11.1 Å². The van der Waals surface area contributed by atoms with Gasteiger partial charge in [-0.1, -0.05) is 42.5 Å². The van der Waals surface area contributed by atoms with Crippen molar-refractivity contribution in [3.8, 4) is 11.3 Å². The molecule has 1 N–H and O–H groups in total. The van der Waals surface area contributed by atoms with E-state index in [0.29, 0.717) is 11.4 Å². The Morgan fingerprint density at radius 3 is 2.28 bits per heavy atom. The molecular weight excluding hydrogens is 338 g/mol. The van der Waals surface area contributed by atoms with Gasteiger partial charge >= 0.3 is 0 Å². The first-order valence-electron chi connectivity index (χ1n) is 7.62. The fourth-order valence-corrected chi connectivity index (χ4v) is 3.57. The maximum atomic E-state index is 12.2. The maximum Gasteiger partial charge on any atom is 0.266 e. The van der Waals surface area contributed by atoms with Crippen LogP contribution in [0.2, 0.25) is 0 Å². The summed E-state index contributed by atoms with van der Waals surface area (Å²) in [5, 5.41) is 4.17. The molecule has 0 amide bonds. The highest BCUT2D eigenvalue weighted by Gasteiger charge is 2.11. The standard InChI is InChI=1S/C18H17N3O3S/c1-21-18(22)12-11-17(19-21)15-7-9-16(10-8-15)20-25(23,24)13-14-5-3-2-4-6-14/h2-12,20H,13H2,1H3. The molecule has 0 radical (unpaired) electrons. The molecule has 3 rings (SSSR count). The van der Waals surface area contributed by atoms with Crippen molar-refractivity contribution in [2.45, 2.75) is 5.75 Å². The lowest BCUT2D eigenvalue weighted by molar-refractivity contribution is 0.600. The van der Waals surface area contributed by atoms with Gasteiger partial charge in [-0.2, -0.15) is 5.10 Å². The van der Waals surface area contributed by atoms with Crippen molar-refractivity contribution in [1.82, 2.24) is 9.78 Å². The number of nitrogens with one attached hydrogen (secondary N) is 1. The van der Waals surface area contributed by atoms with Crippen molar-refractivity contribution in [1.29, 1.82) is 0 Å². The molecule has 7 heteroatoms. The highest BCUT2D eigenvalue weighted by molar-refractivity contribution is 7.91. The number of sulfonamides is 1. The summed E-state index contributed by atoms with van der Waals surface area (Å²) in [5.74, 6) is -0.0854. The van der Waals surface area contributed by atoms with Gasteiger partial charge in [0.05, 0.1) is 11.4 Å². The topological polar surface area (TPSA) is 81.1 Å².